The smallest absolute Gasteiger partial charge is 0.149 e. The molecule has 2 aliphatic rings. The molecular weight excluding hydrogens is 214 g/mol. The summed E-state index contributed by atoms with van der Waals surface area (Å²) in [7, 11) is 1.77. The van der Waals surface area contributed by atoms with E-state index in [1.54, 1.807) is 7.11 Å². The molecule has 0 aromatic heterocycles. The van der Waals surface area contributed by atoms with Crippen molar-refractivity contribution in [3.63, 3.8) is 0 Å². The Morgan fingerprint density at radius 2 is 2.00 bits per heavy atom. The molecule has 0 radical (unpaired) electrons. The van der Waals surface area contributed by atoms with Gasteiger partial charge in [0.15, 0.2) is 0 Å². The van der Waals surface area contributed by atoms with E-state index >= 15 is 0 Å². The first kappa shape index (κ1) is 13.0. The fourth-order valence-corrected chi connectivity index (χ4v) is 3.26. The summed E-state index contributed by atoms with van der Waals surface area (Å²) >= 11 is 0. The second-order valence-corrected chi connectivity index (χ2v) is 5.65. The summed E-state index contributed by atoms with van der Waals surface area (Å²) < 4.78 is 5.22. The molecule has 98 valence electrons. The SMILES string of the molecule is COCC1CCCN(CC(=O)C2CCCC2)C1. The molecule has 1 aliphatic carbocycles. The van der Waals surface area contributed by atoms with Crippen LogP contribution in [0.1, 0.15) is 38.5 Å². The van der Waals surface area contributed by atoms with Crippen molar-refractivity contribution >= 4 is 5.78 Å². The molecule has 1 unspecified atom stereocenters. The van der Waals surface area contributed by atoms with E-state index in [0.717, 1.165) is 32.5 Å². The van der Waals surface area contributed by atoms with Gasteiger partial charge in [-0.15, -0.1) is 0 Å². The normalized spacial score (nSPS) is 27.5. The summed E-state index contributed by atoms with van der Waals surface area (Å²) in [4.78, 5) is 14.4. The fraction of sp³-hybridized carbons (Fsp3) is 0.929. The van der Waals surface area contributed by atoms with Crippen LogP contribution in [0.4, 0.5) is 0 Å². The van der Waals surface area contributed by atoms with Gasteiger partial charge in [0, 0.05) is 19.6 Å². The van der Waals surface area contributed by atoms with Crippen LogP contribution in [0.25, 0.3) is 0 Å². The Kier molecular flexibility index (Phi) is 4.99. The highest BCUT2D eigenvalue weighted by Gasteiger charge is 2.26. The first-order chi connectivity index (χ1) is 8.29. The zero-order chi connectivity index (χ0) is 12.1. The maximum Gasteiger partial charge on any atom is 0.149 e. The maximum absolute atomic E-state index is 12.1. The molecule has 1 saturated heterocycles. The van der Waals surface area contributed by atoms with Crippen LogP contribution in [0, 0.1) is 11.8 Å². The third-order valence-corrected chi connectivity index (χ3v) is 4.20. The van der Waals surface area contributed by atoms with Gasteiger partial charge in [-0.25, -0.2) is 0 Å². The standard InChI is InChI=1S/C14H25NO2/c1-17-11-12-5-4-8-15(9-12)10-14(16)13-6-2-3-7-13/h12-13H,2-11H2,1H3. The summed E-state index contributed by atoms with van der Waals surface area (Å²) in [5.41, 5.74) is 0. The number of ether oxygens (including phenoxy) is 1. The van der Waals surface area contributed by atoms with Crippen molar-refractivity contribution in [2.75, 3.05) is 33.4 Å². The molecule has 0 aromatic carbocycles. The van der Waals surface area contributed by atoms with Crippen LogP contribution in [0.2, 0.25) is 0 Å². The maximum atomic E-state index is 12.1. The van der Waals surface area contributed by atoms with Crippen molar-refractivity contribution in [2.24, 2.45) is 11.8 Å². The van der Waals surface area contributed by atoms with E-state index in [2.05, 4.69) is 4.90 Å². The number of rotatable bonds is 5. The van der Waals surface area contributed by atoms with Gasteiger partial charge in [-0.1, -0.05) is 12.8 Å². The minimum Gasteiger partial charge on any atom is -0.384 e. The second kappa shape index (κ2) is 6.50. The van der Waals surface area contributed by atoms with Gasteiger partial charge in [-0.3, -0.25) is 9.69 Å². The monoisotopic (exact) mass is 239 g/mol. The first-order valence-corrected chi connectivity index (χ1v) is 7.03. The number of methoxy groups -OCH3 is 1. The highest BCUT2D eigenvalue weighted by molar-refractivity contribution is 5.83. The average molecular weight is 239 g/mol. The van der Waals surface area contributed by atoms with Crippen LogP contribution in [0.15, 0.2) is 0 Å². The van der Waals surface area contributed by atoms with Crippen molar-refractivity contribution in [2.45, 2.75) is 38.5 Å². The minimum absolute atomic E-state index is 0.373. The number of hydrogen-bond acceptors (Lipinski definition) is 3. The van der Waals surface area contributed by atoms with Crippen LogP contribution in [-0.2, 0) is 9.53 Å². The summed E-state index contributed by atoms with van der Waals surface area (Å²) in [6.45, 7) is 3.67. The quantitative estimate of drug-likeness (QED) is 0.736. The molecule has 0 amide bonds. The van der Waals surface area contributed by atoms with E-state index in [-0.39, 0.29) is 0 Å². The molecule has 1 saturated carbocycles. The van der Waals surface area contributed by atoms with Gasteiger partial charge < -0.3 is 4.74 Å². The van der Waals surface area contributed by atoms with Crippen molar-refractivity contribution in [3.8, 4) is 0 Å². The van der Waals surface area contributed by atoms with Crippen molar-refractivity contribution < 1.29 is 9.53 Å². The lowest BCUT2D eigenvalue weighted by Crippen LogP contribution is -2.41. The predicted octanol–water partition coefficient (Wildman–Crippen LogP) is 2.10. The van der Waals surface area contributed by atoms with E-state index in [0.29, 0.717) is 24.2 Å². The van der Waals surface area contributed by atoms with E-state index < -0.39 is 0 Å². The lowest BCUT2D eigenvalue weighted by Gasteiger charge is -2.32. The molecular formula is C14H25NO2. The number of ketones is 1. The zero-order valence-corrected chi connectivity index (χ0v) is 11.0. The lowest BCUT2D eigenvalue weighted by molar-refractivity contribution is -0.124. The Hall–Kier alpha value is -0.410. The summed E-state index contributed by atoms with van der Waals surface area (Å²) in [6, 6.07) is 0. The number of nitrogens with zero attached hydrogens (tertiary/aromatic N) is 1. The van der Waals surface area contributed by atoms with Gasteiger partial charge >= 0.3 is 0 Å². The minimum atomic E-state index is 0.373. The highest BCUT2D eigenvalue weighted by atomic mass is 16.5. The third kappa shape index (κ3) is 3.78. The molecule has 17 heavy (non-hydrogen) atoms. The molecule has 0 N–H and O–H groups in total. The Morgan fingerprint density at radius 1 is 1.24 bits per heavy atom. The number of carbonyl (C=O) groups is 1. The number of Topliss-reactive ketones (excluding diaryl/α,β-unsaturated/α-hetero) is 1. The van der Waals surface area contributed by atoms with Crippen LogP contribution < -0.4 is 0 Å². The molecule has 1 atom stereocenters. The van der Waals surface area contributed by atoms with Crippen LogP contribution in [0.5, 0.6) is 0 Å². The Morgan fingerprint density at radius 3 is 2.71 bits per heavy atom. The zero-order valence-electron chi connectivity index (χ0n) is 11.0. The number of piperidine rings is 1. The third-order valence-electron chi connectivity index (χ3n) is 4.20. The Balaban J connectivity index is 1.75. The van der Waals surface area contributed by atoms with Crippen molar-refractivity contribution in [1.82, 2.24) is 4.90 Å². The summed E-state index contributed by atoms with van der Waals surface area (Å²) in [6.07, 6.45) is 7.24. The first-order valence-electron chi connectivity index (χ1n) is 7.03. The summed E-state index contributed by atoms with van der Waals surface area (Å²) in [5.74, 6) is 1.49. The second-order valence-electron chi connectivity index (χ2n) is 5.65. The molecule has 1 heterocycles. The van der Waals surface area contributed by atoms with E-state index in [1.807, 2.05) is 0 Å². The highest BCUT2D eigenvalue weighted by Crippen LogP contribution is 2.26. The fourth-order valence-electron chi connectivity index (χ4n) is 3.26. The summed E-state index contributed by atoms with van der Waals surface area (Å²) in [5, 5.41) is 0. The van der Waals surface area contributed by atoms with E-state index in [4.69, 9.17) is 4.74 Å². The van der Waals surface area contributed by atoms with Gasteiger partial charge in [0.25, 0.3) is 0 Å². The molecule has 3 heteroatoms. The Bertz CT molecular complexity index is 247. The lowest BCUT2D eigenvalue weighted by atomic mass is 9.97. The van der Waals surface area contributed by atoms with Crippen molar-refractivity contribution in [3.05, 3.63) is 0 Å². The van der Waals surface area contributed by atoms with E-state index in [9.17, 15) is 4.79 Å². The predicted molar refractivity (Wildman–Crippen MR) is 68.0 cm³/mol. The van der Waals surface area contributed by atoms with Crippen LogP contribution in [0.3, 0.4) is 0 Å². The number of hydrogen-bond donors (Lipinski definition) is 0. The molecule has 2 rings (SSSR count). The van der Waals surface area contributed by atoms with Gasteiger partial charge in [0.05, 0.1) is 13.2 Å². The topological polar surface area (TPSA) is 29.5 Å². The largest absolute Gasteiger partial charge is 0.384 e. The van der Waals surface area contributed by atoms with Gasteiger partial charge in [-0.05, 0) is 38.1 Å². The molecule has 0 bridgehead atoms. The molecule has 0 spiro atoms. The Labute approximate surface area is 105 Å². The van der Waals surface area contributed by atoms with Gasteiger partial charge in [0.1, 0.15) is 5.78 Å². The molecule has 0 aromatic rings. The molecule has 1 aliphatic heterocycles. The average Bonchev–Trinajstić information content (AvgIpc) is 2.83. The van der Waals surface area contributed by atoms with Crippen molar-refractivity contribution in [1.29, 1.82) is 0 Å². The number of carbonyl (C=O) groups excluding carboxylic acids is 1. The molecule has 2 fully saturated rings. The molecule has 3 nitrogen and oxygen atoms in total. The van der Waals surface area contributed by atoms with Crippen LogP contribution in [-0.4, -0.2) is 44.0 Å². The number of likely N-dealkylation sites (tertiary alicyclic amines) is 1. The van der Waals surface area contributed by atoms with Gasteiger partial charge in [-0.2, -0.15) is 0 Å². The van der Waals surface area contributed by atoms with Crippen LogP contribution >= 0.6 is 0 Å². The van der Waals surface area contributed by atoms with E-state index in [1.165, 1.54) is 25.7 Å². The van der Waals surface area contributed by atoms with Gasteiger partial charge in [0.2, 0.25) is 0 Å².